The number of esters is 1. The summed E-state index contributed by atoms with van der Waals surface area (Å²) in [5.41, 5.74) is 2.82. The number of ether oxygens (including phenoxy) is 1. The number of hydrogen-bond acceptors (Lipinski definition) is 5. The van der Waals surface area contributed by atoms with E-state index in [1.165, 1.54) is 7.11 Å². The van der Waals surface area contributed by atoms with E-state index in [1.807, 2.05) is 32.0 Å². The maximum Gasteiger partial charge on any atom is 0.332 e. The SMILES string of the molecule is COC(=O)/C=C(\Nc1cc(C)cc(C)c1)C(=O)NCCO. The number of hydrogen-bond donors (Lipinski definition) is 3. The number of methoxy groups -OCH3 is 1. The van der Waals surface area contributed by atoms with Crippen LogP contribution in [0.25, 0.3) is 0 Å². The van der Waals surface area contributed by atoms with Crippen LogP contribution in [0.1, 0.15) is 11.1 Å². The Labute approximate surface area is 123 Å². The third kappa shape index (κ3) is 5.66. The van der Waals surface area contributed by atoms with E-state index in [-0.39, 0.29) is 18.8 Å². The van der Waals surface area contributed by atoms with Gasteiger partial charge in [-0.2, -0.15) is 0 Å². The molecule has 6 nitrogen and oxygen atoms in total. The maximum atomic E-state index is 12.0. The van der Waals surface area contributed by atoms with Crippen LogP contribution in [0.2, 0.25) is 0 Å². The fraction of sp³-hybridized carbons (Fsp3) is 0.333. The molecule has 1 aromatic carbocycles. The third-order valence-electron chi connectivity index (χ3n) is 2.61. The van der Waals surface area contributed by atoms with Gasteiger partial charge in [0.2, 0.25) is 0 Å². The number of carbonyl (C=O) groups excluding carboxylic acids is 2. The molecule has 114 valence electrons. The minimum atomic E-state index is -0.638. The van der Waals surface area contributed by atoms with E-state index in [4.69, 9.17) is 5.11 Å². The first-order chi connectivity index (χ1) is 9.96. The fourth-order valence-electron chi connectivity index (χ4n) is 1.80. The van der Waals surface area contributed by atoms with Gasteiger partial charge >= 0.3 is 5.97 Å². The van der Waals surface area contributed by atoms with Crippen molar-refractivity contribution in [3.63, 3.8) is 0 Å². The average molecular weight is 292 g/mol. The predicted octanol–water partition coefficient (Wildman–Crippen LogP) is 0.881. The van der Waals surface area contributed by atoms with Gasteiger partial charge in [-0.25, -0.2) is 4.79 Å². The van der Waals surface area contributed by atoms with Crippen molar-refractivity contribution >= 4 is 17.6 Å². The molecule has 21 heavy (non-hydrogen) atoms. The molecule has 0 aliphatic carbocycles. The zero-order valence-corrected chi connectivity index (χ0v) is 12.4. The molecule has 0 fully saturated rings. The summed E-state index contributed by atoms with van der Waals surface area (Å²) in [6, 6.07) is 5.72. The molecule has 0 spiro atoms. The second-order valence-corrected chi connectivity index (χ2v) is 4.56. The number of anilines is 1. The largest absolute Gasteiger partial charge is 0.466 e. The molecule has 0 unspecified atom stereocenters. The minimum Gasteiger partial charge on any atom is -0.466 e. The number of aryl methyl sites for hydroxylation is 2. The summed E-state index contributed by atoms with van der Waals surface area (Å²) >= 11 is 0. The van der Waals surface area contributed by atoms with Crippen LogP contribution in [0.3, 0.4) is 0 Å². The first-order valence-electron chi connectivity index (χ1n) is 6.50. The van der Waals surface area contributed by atoms with Crippen LogP contribution in [0.4, 0.5) is 5.69 Å². The molecule has 1 rings (SSSR count). The number of carbonyl (C=O) groups is 2. The Balaban J connectivity index is 2.98. The zero-order valence-electron chi connectivity index (χ0n) is 12.4. The van der Waals surface area contributed by atoms with E-state index in [0.717, 1.165) is 17.2 Å². The normalized spacial score (nSPS) is 11.0. The monoisotopic (exact) mass is 292 g/mol. The van der Waals surface area contributed by atoms with Crippen molar-refractivity contribution in [2.75, 3.05) is 25.6 Å². The summed E-state index contributed by atoms with van der Waals surface area (Å²) in [5.74, 6) is -1.13. The lowest BCUT2D eigenvalue weighted by molar-refractivity contribution is -0.135. The van der Waals surface area contributed by atoms with Gasteiger partial charge in [-0.1, -0.05) is 6.07 Å². The van der Waals surface area contributed by atoms with Crippen molar-refractivity contribution < 1.29 is 19.4 Å². The van der Waals surface area contributed by atoms with Gasteiger partial charge in [-0.05, 0) is 37.1 Å². The van der Waals surface area contributed by atoms with E-state index in [9.17, 15) is 9.59 Å². The van der Waals surface area contributed by atoms with E-state index < -0.39 is 11.9 Å². The molecule has 0 saturated heterocycles. The first kappa shape index (κ1) is 16.7. The molecule has 0 bridgehead atoms. The summed E-state index contributed by atoms with van der Waals surface area (Å²) in [5, 5.41) is 14.1. The standard InChI is InChI=1S/C15H20N2O4/c1-10-6-11(2)8-12(7-10)17-13(9-14(19)21-3)15(20)16-4-5-18/h6-9,17-18H,4-5H2,1-3H3,(H,16,20)/b13-9-. The number of benzene rings is 1. The highest BCUT2D eigenvalue weighted by molar-refractivity contribution is 6.01. The van der Waals surface area contributed by atoms with Crippen molar-refractivity contribution in [1.82, 2.24) is 5.32 Å². The van der Waals surface area contributed by atoms with Crippen molar-refractivity contribution in [3.05, 3.63) is 41.1 Å². The molecule has 3 N–H and O–H groups in total. The van der Waals surface area contributed by atoms with E-state index in [0.29, 0.717) is 5.69 Å². The van der Waals surface area contributed by atoms with Gasteiger partial charge in [0.25, 0.3) is 5.91 Å². The van der Waals surface area contributed by atoms with Gasteiger partial charge in [0.15, 0.2) is 0 Å². The summed E-state index contributed by atoms with van der Waals surface area (Å²) in [4.78, 5) is 23.3. The van der Waals surface area contributed by atoms with Crippen molar-refractivity contribution in [2.24, 2.45) is 0 Å². The highest BCUT2D eigenvalue weighted by atomic mass is 16.5. The smallest absolute Gasteiger partial charge is 0.332 e. The van der Waals surface area contributed by atoms with Crippen LogP contribution in [0.15, 0.2) is 30.0 Å². The van der Waals surface area contributed by atoms with E-state index in [2.05, 4.69) is 15.4 Å². The van der Waals surface area contributed by atoms with Crippen LogP contribution in [-0.4, -0.2) is 37.2 Å². The number of rotatable bonds is 6. The van der Waals surface area contributed by atoms with E-state index >= 15 is 0 Å². The third-order valence-corrected chi connectivity index (χ3v) is 2.61. The lowest BCUT2D eigenvalue weighted by atomic mass is 10.1. The zero-order chi connectivity index (χ0) is 15.8. The second-order valence-electron chi connectivity index (χ2n) is 4.56. The average Bonchev–Trinajstić information content (AvgIpc) is 2.42. The number of aliphatic hydroxyl groups excluding tert-OH is 1. The summed E-state index contributed by atoms with van der Waals surface area (Å²) in [7, 11) is 1.24. The maximum absolute atomic E-state index is 12.0. The summed E-state index contributed by atoms with van der Waals surface area (Å²) < 4.78 is 4.54. The van der Waals surface area contributed by atoms with Gasteiger partial charge < -0.3 is 20.5 Å². The predicted molar refractivity (Wildman–Crippen MR) is 79.7 cm³/mol. The van der Waals surface area contributed by atoms with Gasteiger partial charge in [-0.15, -0.1) is 0 Å². The Morgan fingerprint density at radius 2 is 1.86 bits per heavy atom. The van der Waals surface area contributed by atoms with Crippen LogP contribution in [-0.2, 0) is 14.3 Å². The summed E-state index contributed by atoms with van der Waals surface area (Å²) in [6.07, 6.45) is 1.07. The molecule has 1 aromatic rings. The molecule has 1 amide bonds. The lowest BCUT2D eigenvalue weighted by Crippen LogP contribution is -2.31. The van der Waals surface area contributed by atoms with Crippen molar-refractivity contribution in [3.8, 4) is 0 Å². The Morgan fingerprint density at radius 1 is 1.24 bits per heavy atom. The molecule has 0 aromatic heterocycles. The molecular formula is C15H20N2O4. The lowest BCUT2D eigenvalue weighted by Gasteiger charge is -2.12. The topological polar surface area (TPSA) is 87.7 Å². The minimum absolute atomic E-state index is 0.0558. The number of amides is 1. The Kier molecular flexibility index (Phi) is 6.42. The molecule has 0 saturated carbocycles. The van der Waals surface area contributed by atoms with Gasteiger partial charge in [0.05, 0.1) is 19.8 Å². The van der Waals surface area contributed by atoms with Crippen LogP contribution in [0, 0.1) is 13.8 Å². The number of nitrogens with one attached hydrogen (secondary N) is 2. The van der Waals surface area contributed by atoms with Crippen LogP contribution in [0.5, 0.6) is 0 Å². The molecule has 0 heterocycles. The van der Waals surface area contributed by atoms with Gasteiger partial charge in [0.1, 0.15) is 5.70 Å². The Hall–Kier alpha value is -2.34. The Morgan fingerprint density at radius 3 is 2.38 bits per heavy atom. The van der Waals surface area contributed by atoms with Crippen molar-refractivity contribution in [2.45, 2.75) is 13.8 Å². The molecule has 0 aliphatic heterocycles. The Bertz CT molecular complexity index is 532. The van der Waals surface area contributed by atoms with Crippen LogP contribution < -0.4 is 10.6 Å². The molecule has 0 radical (unpaired) electrons. The van der Waals surface area contributed by atoms with Gasteiger partial charge in [0, 0.05) is 12.2 Å². The second kappa shape index (κ2) is 8.06. The highest BCUT2D eigenvalue weighted by Gasteiger charge is 2.12. The quantitative estimate of drug-likeness (QED) is 0.535. The fourth-order valence-corrected chi connectivity index (χ4v) is 1.80. The molecule has 6 heteroatoms. The van der Waals surface area contributed by atoms with Gasteiger partial charge in [-0.3, -0.25) is 4.79 Å². The van der Waals surface area contributed by atoms with Crippen molar-refractivity contribution in [1.29, 1.82) is 0 Å². The highest BCUT2D eigenvalue weighted by Crippen LogP contribution is 2.16. The molecule has 0 aliphatic rings. The molecular weight excluding hydrogens is 272 g/mol. The summed E-state index contributed by atoms with van der Waals surface area (Å²) in [6.45, 7) is 3.80. The first-order valence-corrected chi connectivity index (χ1v) is 6.50. The molecule has 0 atom stereocenters. The number of aliphatic hydroxyl groups is 1. The van der Waals surface area contributed by atoms with Crippen LogP contribution >= 0.6 is 0 Å². The van der Waals surface area contributed by atoms with E-state index in [1.54, 1.807) is 0 Å².